The predicted molar refractivity (Wildman–Crippen MR) is 80.5 cm³/mol. The summed E-state index contributed by atoms with van der Waals surface area (Å²) in [7, 11) is -3.60. The summed E-state index contributed by atoms with van der Waals surface area (Å²) in [5, 5.41) is 0. The molecule has 0 aromatic rings. The van der Waals surface area contributed by atoms with E-state index in [4.69, 9.17) is 10.5 Å². The predicted octanol–water partition coefficient (Wildman–Crippen LogP) is 1.91. The van der Waals surface area contributed by atoms with E-state index >= 15 is 0 Å². The Labute approximate surface area is 135 Å². The third-order valence-corrected chi connectivity index (χ3v) is 5.32. The maximum Gasteiger partial charge on any atom is 0.389 e. The average Bonchev–Trinajstić information content (AvgIpc) is 2.38. The van der Waals surface area contributed by atoms with Gasteiger partial charge >= 0.3 is 6.18 Å². The highest BCUT2D eigenvalue weighted by Crippen LogP contribution is 2.23. The lowest BCUT2D eigenvalue weighted by Crippen LogP contribution is -2.42. The maximum absolute atomic E-state index is 12.0. The fourth-order valence-electron chi connectivity index (χ4n) is 2.19. The molecule has 134 valence electrons. The van der Waals surface area contributed by atoms with Crippen LogP contribution in [0.2, 0.25) is 0 Å². The minimum Gasteiger partial charge on any atom is -0.378 e. The van der Waals surface area contributed by atoms with Gasteiger partial charge in [0.1, 0.15) is 0 Å². The molecule has 1 rings (SSSR count). The van der Waals surface area contributed by atoms with Crippen LogP contribution >= 0.6 is 12.4 Å². The van der Waals surface area contributed by atoms with Crippen molar-refractivity contribution >= 4 is 22.4 Å². The van der Waals surface area contributed by atoms with Crippen molar-refractivity contribution in [1.29, 1.82) is 0 Å². The smallest absolute Gasteiger partial charge is 0.378 e. The van der Waals surface area contributed by atoms with E-state index in [1.165, 1.54) is 4.31 Å². The summed E-state index contributed by atoms with van der Waals surface area (Å²) in [4.78, 5) is 0. The number of rotatable bonds is 8. The molecule has 0 spiro atoms. The van der Waals surface area contributed by atoms with Crippen molar-refractivity contribution in [3.05, 3.63) is 0 Å². The first kappa shape index (κ1) is 21.9. The third-order valence-electron chi connectivity index (χ3n) is 3.36. The van der Waals surface area contributed by atoms with Crippen LogP contribution in [0.4, 0.5) is 13.2 Å². The van der Waals surface area contributed by atoms with E-state index in [2.05, 4.69) is 0 Å². The molecular weight excluding hydrogens is 345 g/mol. The largest absolute Gasteiger partial charge is 0.389 e. The summed E-state index contributed by atoms with van der Waals surface area (Å²) < 4.78 is 66.8. The number of sulfonamides is 1. The first-order valence-electron chi connectivity index (χ1n) is 7.11. The fourth-order valence-corrected chi connectivity index (χ4v) is 3.73. The number of hydrogen-bond acceptors (Lipinski definition) is 4. The number of hydrogen-bond donors (Lipinski definition) is 1. The van der Waals surface area contributed by atoms with Gasteiger partial charge in [0, 0.05) is 26.1 Å². The molecule has 1 aliphatic rings. The molecule has 0 aromatic carbocycles. The lowest BCUT2D eigenvalue weighted by molar-refractivity contribution is -0.134. The molecule has 0 bridgehead atoms. The Kier molecular flexibility index (Phi) is 9.88. The number of ether oxygens (including phenoxy) is 1. The van der Waals surface area contributed by atoms with E-state index < -0.39 is 34.8 Å². The van der Waals surface area contributed by atoms with Gasteiger partial charge in [0.15, 0.2) is 0 Å². The third kappa shape index (κ3) is 8.52. The number of alkyl halides is 3. The lowest BCUT2D eigenvalue weighted by atomic mass is 10.1. The summed E-state index contributed by atoms with van der Waals surface area (Å²) in [6.07, 6.45) is -3.84. The second-order valence-electron chi connectivity index (χ2n) is 5.15. The van der Waals surface area contributed by atoms with Crippen LogP contribution in [-0.4, -0.2) is 57.0 Å². The molecule has 1 saturated heterocycles. The topological polar surface area (TPSA) is 72.6 Å². The molecule has 5 nitrogen and oxygen atoms in total. The molecule has 1 fully saturated rings. The Morgan fingerprint density at radius 2 is 1.77 bits per heavy atom. The van der Waals surface area contributed by atoms with Crippen molar-refractivity contribution in [2.75, 3.05) is 32.0 Å². The molecule has 0 atom stereocenters. The van der Waals surface area contributed by atoms with E-state index in [0.29, 0.717) is 39.1 Å². The Balaban J connectivity index is 0.00000441. The highest BCUT2D eigenvalue weighted by molar-refractivity contribution is 7.89. The number of nitrogens with zero attached hydrogens (tertiary/aromatic N) is 1. The monoisotopic (exact) mass is 368 g/mol. The summed E-state index contributed by atoms with van der Waals surface area (Å²) in [5.41, 5.74) is 5.35. The van der Waals surface area contributed by atoms with Crippen molar-refractivity contribution in [2.45, 2.75) is 44.4 Å². The standard InChI is InChI=1S/C12H23F3N2O3S.ClH/c13-12(14,15)5-1-10-21(18,19)17-7-3-11(4-8-17)20-9-2-6-16;/h11H,1-10,16H2;1H. The lowest BCUT2D eigenvalue weighted by Gasteiger charge is -2.31. The maximum atomic E-state index is 12.0. The van der Waals surface area contributed by atoms with Crippen LogP contribution in [-0.2, 0) is 14.8 Å². The van der Waals surface area contributed by atoms with Gasteiger partial charge in [-0.05, 0) is 32.2 Å². The zero-order valence-electron chi connectivity index (χ0n) is 12.3. The second-order valence-corrected chi connectivity index (χ2v) is 7.23. The molecule has 1 aliphatic heterocycles. The van der Waals surface area contributed by atoms with Crippen molar-refractivity contribution < 1.29 is 26.3 Å². The van der Waals surface area contributed by atoms with Gasteiger partial charge < -0.3 is 10.5 Å². The van der Waals surface area contributed by atoms with Gasteiger partial charge in [-0.1, -0.05) is 0 Å². The normalized spacial score (nSPS) is 18.2. The SMILES string of the molecule is Cl.NCCCOC1CCN(S(=O)(=O)CCCC(F)(F)F)CC1. The van der Waals surface area contributed by atoms with Crippen molar-refractivity contribution in [1.82, 2.24) is 4.31 Å². The fraction of sp³-hybridized carbons (Fsp3) is 1.00. The molecule has 0 aliphatic carbocycles. The molecule has 2 N–H and O–H groups in total. The van der Waals surface area contributed by atoms with Gasteiger partial charge in [0.05, 0.1) is 11.9 Å². The number of piperidine rings is 1. The van der Waals surface area contributed by atoms with Gasteiger partial charge in [-0.2, -0.15) is 13.2 Å². The molecule has 0 amide bonds. The summed E-state index contributed by atoms with van der Waals surface area (Å²) in [6, 6.07) is 0. The van der Waals surface area contributed by atoms with E-state index in [1.807, 2.05) is 0 Å². The molecule has 0 aromatic heterocycles. The van der Waals surface area contributed by atoms with Crippen LogP contribution < -0.4 is 5.73 Å². The quantitative estimate of drug-likeness (QED) is 0.664. The number of nitrogens with two attached hydrogens (primary N) is 1. The highest BCUT2D eigenvalue weighted by Gasteiger charge is 2.31. The van der Waals surface area contributed by atoms with Gasteiger partial charge in [-0.15, -0.1) is 12.4 Å². The molecule has 10 heteroatoms. The van der Waals surface area contributed by atoms with Gasteiger partial charge in [0.25, 0.3) is 0 Å². The number of halogens is 4. The van der Waals surface area contributed by atoms with E-state index in [-0.39, 0.29) is 18.5 Å². The average molecular weight is 369 g/mol. The first-order chi connectivity index (χ1) is 9.74. The van der Waals surface area contributed by atoms with Crippen LogP contribution in [0.25, 0.3) is 0 Å². The summed E-state index contributed by atoms with van der Waals surface area (Å²) in [5.74, 6) is -0.453. The van der Waals surface area contributed by atoms with Crippen molar-refractivity contribution in [3.8, 4) is 0 Å². The molecule has 0 saturated carbocycles. The highest BCUT2D eigenvalue weighted by atomic mass is 35.5. The minimum absolute atomic E-state index is 0. The Hall–Kier alpha value is -0.0900. The van der Waals surface area contributed by atoms with Gasteiger partial charge in [-0.3, -0.25) is 0 Å². The van der Waals surface area contributed by atoms with Crippen LogP contribution in [0.3, 0.4) is 0 Å². The van der Waals surface area contributed by atoms with E-state index in [1.54, 1.807) is 0 Å². The summed E-state index contributed by atoms with van der Waals surface area (Å²) >= 11 is 0. The second kappa shape index (κ2) is 9.92. The minimum atomic E-state index is -4.31. The van der Waals surface area contributed by atoms with Crippen molar-refractivity contribution in [2.24, 2.45) is 5.73 Å². The Morgan fingerprint density at radius 3 is 2.27 bits per heavy atom. The zero-order chi connectivity index (χ0) is 15.9. The summed E-state index contributed by atoms with van der Waals surface area (Å²) in [6.45, 7) is 1.72. The van der Waals surface area contributed by atoms with E-state index in [9.17, 15) is 21.6 Å². The molecule has 0 unspecified atom stereocenters. The van der Waals surface area contributed by atoms with Crippen molar-refractivity contribution in [3.63, 3.8) is 0 Å². The van der Waals surface area contributed by atoms with E-state index in [0.717, 1.165) is 6.42 Å². The first-order valence-corrected chi connectivity index (χ1v) is 8.72. The van der Waals surface area contributed by atoms with Gasteiger partial charge in [0.2, 0.25) is 10.0 Å². The van der Waals surface area contributed by atoms with Crippen LogP contribution in [0.5, 0.6) is 0 Å². The Bertz CT molecular complexity index is 399. The van der Waals surface area contributed by atoms with Crippen LogP contribution in [0.15, 0.2) is 0 Å². The molecule has 22 heavy (non-hydrogen) atoms. The molecule has 0 radical (unpaired) electrons. The molecule has 1 heterocycles. The molecular formula is C12H24ClF3N2O3S. The Morgan fingerprint density at radius 1 is 1.18 bits per heavy atom. The zero-order valence-corrected chi connectivity index (χ0v) is 14.0. The van der Waals surface area contributed by atoms with Crippen LogP contribution in [0.1, 0.15) is 32.1 Å². The van der Waals surface area contributed by atoms with Gasteiger partial charge in [-0.25, -0.2) is 12.7 Å². The van der Waals surface area contributed by atoms with Crippen LogP contribution in [0, 0.1) is 0 Å².